The van der Waals surface area contributed by atoms with Gasteiger partial charge in [0.05, 0.1) is 44.5 Å². The van der Waals surface area contributed by atoms with Crippen molar-refractivity contribution in [3.05, 3.63) is 102 Å². The van der Waals surface area contributed by atoms with Crippen LogP contribution in [-0.2, 0) is 32.2 Å². The Bertz CT molecular complexity index is 1950. The van der Waals surface area contributed by atoms with Crippen molar-refractivity contribution in [3.8, 4) is 5.75 Å². The number of morpholine rings is 2. The molecule has 5 atom stereocenters. The maximum absolute atomic E-state index is 14.9. The normalized spacial score (nSPS) is 17.0. The Morgan fingerprint density at radius 3 is 1.70 bits per heavy atom. The molecular weight excluding hydrogens is 855 g/mol. The van der Waals surface area contributed by atoms with Crippen molar-refractivity contribution in [2.75, 3.05) is 99.4 Å². The summed E-state index contributed by atoms with van der Waals surface area (Å²) in [5.41, 5.74) is 12.4. The van der Waals surface area contributed by atoms with E-state index in [2.05, 4.69) is 25.9 Å². The summed E-state index contributed by atoms with van der Waals surface area (Å²) in [5.74, 6) is -2.18. The highest BCUT2D eigenvalue weighted by molar-refractivity contribution is 5.91. The second-order valence-corrected chi connectivity index (χ2v) is 18.3. The number of hydrogen-bond donors (Lipinski definition) is 5. The molecule has 2 aliphatic heterocycles. The van der Waals surface area contributed by atoms with Crippen LogP contribution in [-0.4, -0.2) is 171 Å². The molecule has 2 saturated heterocycles. The van der Waals surface area contributed by atoms with Crippen molar-refractivity contribution >= 4 is 23.8 Å². The van der Waals surface area contributed by atoms with E-state index in [0.717, 1.165) is 37.3 Å². The largest absolute Gasteiger partial charge is 0.489 e. The van der Waals surface area contributed by atoms with Crippen LogP contribution < -0.4 is 26.5 Å². The van der Waals surface area contributed by atoms with Crippen molar-refractivity contribution in [2.24, 2.45) is 23.5 Å². The van der Waals surface area contributed by atoms with E-state index >= 15 is 0 Å². The van der Waals surface area contributed by atoms with Gasteiger partial charge < -0.3 is 45.5 Å². The fourth-order valence-electron chi connectivity index (χ4n) is 8.09. The van der Waals surface area contributed by atoms with Gasteiger partial charge in [0.1, 0.15) is 18.4 Å². The number of urea groups is 2. The van der Waals surface area contributed by atoms with Gasteiger partial charge in [-0.1, -0.05) is 100 Å². The number of aliphatic hydroxyl groups is 1. The lowest BCUT2D eigenvalue weighted by molar-refractivity contribution is -0.133. The van der Waals surface area contributed by atoms with Crippen LogP contribution in [0.4, 0.5) is 9.59 Å². The summed E-state index contributed by atoms with van der Waals surface area (Å²) in [6, 6.07) is 22.6. The highest BCUT2D eigenvalue weighted by Gasteiger charge is 2.40. The molecule has 2 fully saturated rings. The zero-order chi connectivity index (χ0) is 48.3. The first kappa shape index (κ1) is 52.8. The summed E-state index contributed by atoms with van der Waals surface area (Å²) in [7, 11) is 3.39. The Kier molecular flexibility index (Phi) is 21.3. The smallest absolute Gasteiger partial charge is 0.317 e. The van der Waals surface area contributed by atoms with E-state index < -0.39 is 53.9 Å². The van der Waals surface area contributed by atoms with Crippen molar-refractivity contribution in [1.29, 1.82) is 0 Å². The molecule has 3 aromatic carbocycles. The molecule has 3 aromatic rings. The topological polar surface area (TPSA) is 195 Å². The van der Waals surface area contributed by atoms with Gasteiger partial charge in [0.2, 0.25) is 0 Å². The quantitative estimate of drug-likeness (QED) is 0.0825. The number of ketones is 1. The molecule has 67 heavy (non-hydrogen) atoms. The van der Waals surface area contributed by atoms with Gasteiger partial charge in [-0.3, -0.25) is 24.8 Å². The van der Waals surface area contributed by atoms with Crippen LogP contribution in [0.3, 0.4) is 0 Å². The maximum atomic E-state index is 14.9. The van der Waals surface area contributed by atoms with Crippen molar-refractivity contribution in [3.63, 3.8) is 0 Å². The van der Waals surface area contributed by atoms with E-state index in [0.29, 0.717) is 70.5 Å². The highest BCUT2D eigenvalue weighted by atomic mass is 16.5. The molecule has 2 heterocycles. The molecular formula is C50H75N9O8. The standard InChI is InChI=1S/C50H75N9O8/c1-36(2)45(52-49(63)55(5)21-23-57-25-29-65-30-26-57)47(61)43(44(51)40-15-11-8-12-16-40)42(60)34-59(33-38-17-19-41(20-18-38)67-35-39-13-9-7-10-14-39)54-48(62)46(37(3)4)53-50(64)56(6)22-24-58-27-31-66-32-28-58/h7-20,36-37,42-46,60H,21-35,51H2,1-6H3,(H,52,63)(H,53,64)(H,54,62)/t42-,43?,44?,45-,46-/m0/s1. The minimum atomic E-state index is -1.44. The van der Waals surface area contributed by atoms with Crippen molar-refractivity contribution in [2.45, 2.75) is 65.1 Å². The first-order valence-electron chi connectivity index (χ1n) is 23.7. The Balaban J connectivity index is 1.37. The van der Waals surface area contributed by atoms with Gasteiger partial charge in [0.25, 0.3) is 5.91 Å². The number of hydrazine groups is 1. The third-order valence-electron chi connectivity index (χ3n) is 12.4. The van der Waals surface area contributed by atoms with Gasteiger partial charge in [-0.25, -0.2) is 14.6 Å². The van der Waals surface area contributed by atoms with E-state index in [9.17, 15) is 24.3 Å². The van der Waals surface area contributed by atoms with Crippen LogP contribution in [0.1, 0.15) is 50.4 Å². The molecule has 17 nitrogen and oxygen atoms in total. The third-order valence-corrected chi connectivity index (χ3v) is 12.4. The van der Waals surface area contributed by atoms with Crippen LogP contribution in [0.2, 0.25) is 0 Å². The zero-order valence-electron chi connectivity index (χ0n) is 40.3. The molecule has 6 N–H and O–H groups in total. The fraction of sp³-hybridized carbons (Fsp3) is 0.560. The third kappa shape index (κ3) is 16.9. The van der Waals surface area contributed by atoms with E-state index in [1.54, 1.807) is 41.0 Å². The van der Waals surface area contributed by atoms with Gasteiger partial charge in [-0.15, -0.1) is 0 Å². The highest BCUT2D eigenvalue weighted by Crippen LogP contribution is 2.28. The van der Waals surface area contributed by atoms with Crippen molar-refractivity contribution < 1.29 is 38.5 Å². The summed E-state index contributed by atoms with van der Waals surface area (Å²) in [5, 5.41) is 19.8. The zero-order valence-corrected chi connectivity index (χ0v) is 40.3. The number of nitrogens with zero attached hydrogens (tertiary/aromatic N) is 5. The molecule has 2 aliphatic rings. The first-order chi connectivity index (χ1) is 32.2. The van der Waals surface area contributed by atoms with E-state index in [1.807, 2.05) is 100 Å². The van der Waals surface area contributed by atoms with Gasteiger partial charge >= 0.3 is 12.1 Å². The second kappa shape index (κ2) is 27.0. The summed E-state index contributed by atoms with van der Waals surface area (Å²) in [6.45, 7) is 15.6. The number of hydrogen-bond acceptors (Lipinski definition) is 12. The van der Waals surface area contributed by atoms with Crippen LogP contribution in [0.15, 0.2) is 84.9 Å². The Hall–Kier alpha value is -5.14. The number of carbonyl (C=O) groups is 4. The number of rotatable bonds is 24. The number of nitrogens with one attached hydrogen (secondary N) is 3. The summed E-state index contributed by atoms with van der Waals surface area (Å²) < 4.78 is 17.0. The fourth-order valence-corrected chi connectivity index (χ4v) is 8.09. The first-order valence-corrected chi connectivity index (χ1v) is 23.7. The lowest BCUT2D eigenvalue weighted by atomic mass is 9.80. The number of amides is 5. The molecule has 2 unspecified atom stereocenters. The van der Waals surface area contributed by atoms with Gasteiger partial charge in [0, 0.05) is 85.6 Å². The molecule has 0 aliphatic carbocycles. The molecule has 0 spiro atoms. The minimum Gasteiger partial charge on any atom is -0.489 e. The monoisotopic (exact) mass is 930 g/mol. The number of likely N-dealkylation sites (N-methyl/N-ethyl adjacent to an activating group) is 2. The minimum absolute atomic E-state index is 0.111. The number of benzene rings is 3. The van der Waals surface area contributed by atoms with Gasteiger partial charge in [0.15, 0.2) is 5.78 Å². The van der Waals surface area contributed by atoms with Crippen LogP contribution in [0.5, 0.6) is 5.75 Å². The summed E-state index contributed by atoms with van der Waals surface area (Å²) in [6.07, 6.45) is -1.44. The lowest BCUT2D eigenvalue weighted by Gasteiger charge is -2.36. The molecule has 0 radical (unpaired) electrons. The molecule has 0 bridgehead atoms. The molecule has 0 saturated carbocycles. The molecule has 5 rings (SSSR count). The van der Waals surface area contributed by atoms with Crippen LogP contribution >= 0.6 is 0 Å². The second-order valence-electron chi connectivity index (χ2n) is 18.3. The van der Waals surface area contributed by atoms with E-state index in [-0.39, 0.29) is 24.9 Å². The summed E-state index contributed by atoms with van der Waals surface area (Å²) >= 11 is 0. The average molecular weight is 930 g/mol. The Labute approximate surface area is 397 Å². The average Bonchev–Trinajstić information content (AvgIpc) is 3.33. The molecule has 5 amide bonds. The number of nitrogens with two attached hydrogens (primary N) is 1. The van der Waals surface area contributed by atoms with E-state index in [1.165, 1.54) is 0 Å². The van der Waals surface area contributed by atoms with Crippen molar-refractivity contribution in [1.82, 2.24) is 40.7 Å². The lowest BCUT2D eigenvalue weighted by Crippen LogP contribution is -2.59. The van der Waals surface area contributed by atoms with E-state index in [4.69, 9.17) is 19.9 Å². The predicted octanol–water partition coefficient (Wildman–Crippen LogP) is 3.34. The predicted molar refractivity (Wildman–Crippen MR) is 258 cm³/mol. The Morgan fingerprint density at radius 1 is 0.701 bits per heavy atom. The number of Topliss-reactive ketones (excluding diaryl/α,β-unsaturated/α-hetero) is 1. The molecule has 17 heteroatoms. The number of aliphatic hydroxyl groups excluding tert-OH is 1. The van der Waals surface area contributed by atoms with Gasteiger partial charge in [-0.05, 0) is 40.7 Å². The van der Waals surface area contributed by atoms with Gasteiger partial charge in [-0.2, -0.15) is 0 Å². The molecule has 368 valence electrons. The Morgan fingerprint density at radius 2 is 1.19 bits per heavy atom. The number of carbonyl (C=O) groups excluding carboxylic acids is 4. The van der Waals surface area contributed by atoms with Crippen LogP contribution in [0.25, 0.3) is 0 Å². The summed E-state index contributed by atoms with van der Waals surface area (Å²) in [4.78, 5) is 64.0. The molecule has 0 aromatic heterocycles. The maximum Gasteiger partial charge on any atom is 0.317 e. The SMILES string of the molecule is CC(C)[C@H](NC(=O)N(C)CCN1CCOCC1)C(=O)NN(Cc1ccc(OCc2ccccc2)cc1)C[C@H](O)C(C(=O)[C@@H](NC(=O)N(C)CCN1CCOCC1)C(C)C)C(N)c1ccccc1. The van der Waals surface area contributed by atoms with Crippen LogP contribution in [0, 0.1) is 17.8 Å². The number of ether oxygens (including phenoxy) is 3.